The first-order valence-electron chi connectivity index (χ1n) is 12.3. The van der Waals surface area contributed by atoms with Crippen molar-refractivity contribution in [2.24, 2.45) is 11.8 Å². The van der Waals surface area contributed by atoms with Gasteiger partial charge in [-0.05, 0) is 72.6 Å². The number of hydrogen-bond donors (Lipinski definition) is 0. The Morgan fingerprint density at radius 2 is 1.00 bits per heavy atom. The van der Waals surface area contributed by atoms with E-state index in [2.05, 4.69) is 48.5 Å². The Hall–Kier alpha value is -1.72. The minimum Gasteiger partial charge on any atom is -0.376 e. The molecule has 8 unspecified atom stereocenters. The number of ether oxygens (including phenoxy) is 4. The fraction of sp³-hybridized carbons (Fsp3) is 0.571. The molecule has 2 aromatic rings. The van der Waals surface area contributed by atoms with Crippen LogP contribution >= 0.6 is 0 Å². The highest BCUT2D eigenvalue weighted by Gasteiger charge is 2.46. The van der Waals surface area contributed by atoms with E-state index < -0.39 is 0 Å². The summed E-state index contributed by atoms with van der Waals surface area (Å²) in [5, 5.41) is 0. The maximum Gasteiger partial charge on any atom is 0.0850 e. The van der Waals surface area contributed by atoms with Crippen molar-refractivity contribution in [3.63, 3.8) is 0 Å². The number of hydrogen-bond acceptors (Lipinski definition) is 4. The fourth-order valence-corrected chi connectivity index (χ4v) is 6.35. The minimum atomic E-state index is 0.157. The van der Waals surface area contributed by atoms with E-state index in [1.54, 1.807) is 0 Å². The number of rotatable bonds is 7. The van der Waals surface area contributed by atoms with Gasteiger partial charge in [0.2, 0.25) is 0 Å². The monoisotopic (exact) mass is 434 g/mol. The van der Waals surface area contributed by atoms with Gasteiger partial charge in [-0.25, -0.2) is 0 Å². The molecule has 32 heavy (non-hydrogen) atoms. The summed E-state index contributed by atoms with van der Waals surface area (Å²) in [7, 11) is 3.68. The maximum atomic E-state index is 5.93. The van der Waals surface area contributed by atoms with Gasteiger partial charge in [0.05, 0.1) is 36.6 Å². The maximum absolute atomic E-state index is 5.93. The molecule has 0 bridgehead atoms. The Labute approximate surface area is 191 Å². The molecule has 4 nitrogen and oxygen atoms in total. The van der Waals surface area contributed by atoms with E-state index >= 15 is 0 Å². The van der Waals surface area contributed by atoms with Crippen molar-refractivity contribution in [1.82, 2.24) is 0 Å². The second kappa shape index (κ2) is 8.57. The molecule has 6 rings (SSSR count). The Bertz CT molecular complexity index is 846. The third-order valence-electron chi connectivity index (χ3n) is 8.27. The highest BCUT2D eigenvalue weighted by atomic mass is 16.6. The van der Waals surface area contributed by atoms with Crippen molar-refractivity contribution in [2.75, 3.05) is 14.2 Å². The van der Waals surface area contributed by atoms with E-state index in [0.29, 0.717) is 36.3 Å². The lowest BCUT2D eigenvalue weighted by molar-refractivity contribution is 0.0383. The summed E-state index contributed by atoms with van der Waals surface area (Å²) in [5.41, 5.74) is 5.03. The van der Waals surface area contributed by atoms with Crippen molar-refractivity contribution in [1.29, 1.82) is 0 Å². The second-order valence-electron chi connectivity index (χ2n) is 10.1. The molecule has 0 amide bonds. The summed E-state index contributed by atoms with van der Waals surface area (Å²) in [4.78, 5) is 0. The van der Waals surface area contributed by atoms with Gasteiger partial charge >= 0.3 is 0 Å². The van der Waals surface area contributed by atoms with Gasteiger partial charge in [-0.2, -0.15) is 0 Å². The number of epoxide rings is 2. The van der Waals surface area contributed by atoms with Gasteiger partial charge in [0.25, 0.3) is 0 Å². The summed E-state index contributed by atoms with van der Waals surface area (Å²) in [6.07, 6.45) is 9.33. The molecule has 2 saturated heterocycles. The molecule has 0 aromatic heterocycles. The molecule has 170 valence electrons. The summed E-state index contributed by atoms with van der Waals surface area (Å²) < 4.78 is 23.3. The predicted molar refractivity (Wildman–Crippen MR) is 123 cm³/mol. The SMILES string of the molecule is COC(c1ccc(-c2ccc(C(OC)C3CCC4OC4C3)cc2)cc1)C1CCC2OC2C1. The molecule has 0 N–H and O–H groups in total. The highest BCUT2D eigenvalue weighted by Crippen LogP contribution is 2.46. The quantitative estimate of drug-likeness (QED) is 0.512. The van der Waals surface area contributed by atoms with E-state index in [0.717, 1.165) is 12.8 Å². The van der Waals surface area contributed by atoms with Crippen LogP contribution in [-0.4, -0.2) is 38.6 Å². The van der Waals surface area contributed by atoms with Crippen molar-refractivity contribution in [3.05, 3.63) is 59.7 Å². The third-order valence-corrected chi connectivity index (χ3v) is 8.27. The largest absolute Gasteiger partial charge is 0.376 e. The second-order valence-corrected chi connectivity index (χ2v) is 10.1. The topological polar surface area (TPSA) is 43.5 Å². The van der Waals surface area contributed by atoms with Crippen LogP contribution in [0.2, 0.25) is 0 Å². The van der Waals surface area contributed by atoms with Crippen molar-refractivity contribution < 1.29 is 18.9 Å². The first-order chi connectivity index (χ1) is 15.7. The predicted octanol–water partition coefficient (Wildman–Crippen LogP) is 5.86. The molecule has 4 heteroatoms. The van der Waals surface area contributed by atoms with Gasteiger partial charge in [0.15, 0.2) is 0 Å². The molecule has 8 atom stereocenters. The zero-order valence-corrected chi connectivity index (χ0v) is 19.1. The van der Waals surface area contributed by atoms with Gasteiger partial charge in [-0.15, -0.1) is 0 Å². The molecule has 2 heterocycles. The van der Waals surface area contributed by atoms with Crippen molar-refractivity contribution in [2.45, 2.75) is 75.1 Å². The van der Waals surface area contributed by atoms with Crippen LogP contribution in [0, 0.1) is 11.8 Å². The van der Waals surface area contributed by atoms with E-state index in [1.807, 2.05) is 14.2 Å². The number of fused-ring (bicyclic) bond motifs is 2. The van der Waals surface area contributed by atoms with Gasteiger partial charge in [-0.3, -0.25) is 0 Å². The molecule has 4 aliphatic rings. The van der Waals surface area contributed by atoms with Crippen LogP contribution in [0.4, 0.5) is 0 Å². The average Bonchev–Trinajstić information content (AvgIpc) is 3.75. The average molecular weight is 435 g/mol. The molecule has 2 saturated carbocycles. The van der Waals surface area contributed by atoms with Gasteiger partial charge in [-0.1, -0.05) is 48.5 Å². The summed E-state index contributed by atoms with van der Waals surface area (Å²) in [6.45, 7) is 0. The van der Waals surface area contributed by atoms with Crippen LogP contribution in [-0.2, 0) is 18.9 Å². The lowest BCUT2D eigenvalue weighted by Crippen LogP contribution is -2.21. The van der Waals surface area contributed by atoms with Gasteiger partial charge < -0.3 is 18.9 Å². The van der Waals surface area contributed by atoms with Gasteiger partial charge in [0.1, 0.15) is 0 Å². The standard InChI is InChI=1S/C28H34O4/c1-29-27(21-11-13-23-25(15-21)31-23)19-7-3-17(4-8-19)18-5-9-20(10-6-18)28(30-2)22-12-14-24-26(16-22)32-24/h3-10,21-28H,11-16H2,1-2H3. The molecular weight excluding hydrogens is 400 g/mol. The van der Waals surface area contributed by atoms with Crippen LogP contribution in [0.1, 0.15) is 61.9 Å². The van der Waals surface area contributed by atoms with E-state index in [1.165, 1.54) is 47.9 Å². The normalized spacial score (nSPS) is 34.8. The molecule has 0 radical (unpaired) electrons. The first-order valence-corrected chi connectivity index (χ1v) is 12.3. The number of methoxy groups -OCH3 is 2. The highest BCUT2D eigenvalue weighted by molar-refractivity contribution is 5.64. The van der Waals surface area contributed by atoms with Crippen LogP contribution in [0.25, 0.3) is 11.1 Å². The lowest BCUT2D eigenvalue weighted by Gasteiger charge is -2.28. The summed E-state index contributed by atoms with van der Waals surface area (Å²) in [6, 6.07) is 17.9. The third kappa shape index (κ3) is 4.03. The smallest absolute Gasteiger partial charge is 0.0850 e. The molecule has 4 fully saturated rings. The van der Waals surface area contributed by atoms with Crippen LogP contribution in [0.5, 0.6) is 0 Å². The number of benzene rings is 2. The zero-order chi connectivity index (χ0) is 21.7. The molecule has 2 aliphatic heterocycles. The first kappa shape index (κ1) is 20.9. The van der Waals surface area contributed by atoms with Crippen LogP contribution in [0.3, 0.4) is 0 Å². The lowest BCUT2D eigenvalue weighted by atomic mass is 9.82. The van der Waals surface area contributed by atoms with Gasteiger partial charge in [0, 0.05) is 14.2 Å². The summed E-state index contributed by atoms with van der Waals surface area (Å²) in [5.74, 6) is 1.10. The van der Waals surface area contributed by atoms with E-state index in [4.69, 9.17) is 18.9 Å². The zero-order valence-electron chi connectivity index (χ0n) is 19.1. The van der Waals surface area contributed by atoms with Crippen molar-refractivity contribution in [3.8, 4) is 11.1 Å². The molecule has 2 aliphatic carbocycles. The molecular formula is C28H34O4. The van der Waals surface area contributed by atoms with Crippen molar-refractivity contribution >= 4 is 0 Å². The van der Waals surface area contributed by atoms with Crippen LogP contribution < -0.4 is 0 Å². The Kier molecular flexibility index (Phi) is 5.58. The van der Waals surface area contributed by atoms with Crippen LogP contribution in [0.15, 0.2) is 48.5 Å². The Balaban J connectivity index is 1.14. The Morgan fingerprint density at radius 3 is 1.34 bits per heavy atom. The summed E-state index contributed by atoms with van der Waals surface area (Å²) >= 11 is 0. The van der Waals surface area contributed by atoms with E-state index in [9.17, 15) is 0 Å². The molecule has 0 spiro atoms. The fourth-order valence-electron chi connectivity index (χ4n) is 6.35. The minimum absolute atomic E-state index is 0.157. The van der Waals surface area contributed by atoms with E-state index in [-0.39, 0.29) is 12.2 Å². The Morgan fingerprint density at radius 1 is 0.594 bits per heavy atom. The molecule has 2 aromatic carbocycles.